The van der Waals surface area contributed by atoms with Crippen molar-refractivity contribution in [2.45, 2.75) is 57.4 Å². The molecule has 1 aromatic rings. The summed E-state index contributed by atoms with van der Waals surface area (Å²) in [5, 5.41) is 3.59. The van der Waals surface area contributed by atoms with Crippen LogP contribution in [0.15, 0.2) is 5.38 Å². The van der Waals surface area contributed by atoms with Gasteiger partial charge in [0, 0.05) is 17.3 Å². The fourth-order valence-corrected chi connectivity index (χ4v) is 3.20. The lowest BCUT2D eigenvalue weighted by Gasteiger charge is -2.03. The van der Waals surface area contributed by atoms with Crippen LogP contribution in [0.25, 0.3) is 0 Å². The Hall–Kier alpha value is -0.410. The van der Waals surface area contributed by atoms with E-state index in [1.165, 1.54) is 36.4 Å². The third-order valence-electron chi connectivity index (χ3n) is 3.13. The van der Waals surface area contributed by atoms with Gasteiger partial charge in [-0.2, -0.15) is 0 Å². The van der Waals surface area contributed by atoms with E-state index >= 15 is 0 Å². The van der Waals surface area contributed by atoms with Gasteiger partial charge in [-0.05, 0) is 32.6 Å². The van der Waals surface area contributed by atoms with Crippen LogP contribution in [0.2, 0.25) is 0 Å². The lowest BCUT2D eigenvalue weighted by molar-refractivity contribution is 0.653. The third kappa shape index (κ3) is 3.02. The van der Waals surface area contributed by atoms with Gasteiger partial charge >= 0.3 is 0 Å². The Morgan fingerprint density at radius 3 is 2.93 bits per heavy atom. The van der Waals surface area contributed by atoms with E-state index in [0.29, 0.717) is 6.04 Å². The molecule has 84 valence electrons. The predicted octanol–water partition coefficient (Wildman–Crippen LogP) is 3.08. The van der Waals surface area contributed by atoms with Crippen LogP contribution in [0.5, 0.6) is 0 Å². The SMILES string of the molecule is CC(N)CCc1csc(C2CCCC2)n1. The number of aromatic nitrogens is 1. The van der Waals surface area contributed by atoms with Crippen molar-refractivity contribution in [3.8, 4) is 0 Å². The van der Waals surface area contributed by atoms with Crippen molar-refractivity contribution < 1.29 is 0 Å². The largest absolute Gasteiger partial charge is 0.328 e. The van der Waals surface area contributed by atoms with Crippen LogP contribution < -0.4 is 5.73 Å². The molecule has 0 spiro atoms. The van der Waals surface area contributed by atoms with E-state index in [0.717, 1.165) is 18.8 Å². The van der Waals surface area contributed by atoms with Gasteiger partial charge in [0.25, 0.3) is 0 Å². The highest BCUT2D eigenvalue weighted by Gasteiger charge is 2.19. The minimum absolute atomic E-state index is 0.293. The van der Waals surface area contributed by atoms with Gasteiger partial charge in [0.2, 0.25) is 0 Å². The second-order valence-electron chi connectivity index (χ2n) is 4.67. The average Bonchev–Trinajstić information content (AvgIpc) is 2.85. The summed E-state index contributed by atoms with van der Waals surface area (Å²) in [6, 6.07) is 0.293. The maximum absolute atomic E-state index is 5.74. The Kier molecular flexibility index (Phi) is 3.76. The number of nitrogens with two attached hydrogens (primary N) is 1. The van der Waals surface area contributed by atoms with Crippen molar-refractivity contribution in [3.05, 3.63) is 16.1 Å². The lowest BCUT2D eigenvalue weighted by atomic mass is 10.1. The van der Waals surface area contributed by atoms with Crippen molar-refractivity contribution in [2.24, 2.45) is 5.73 Å². The molecule has 3 heteroatoms. The molecule has 2 rings (SSSR count). The molecule has 1 unspecified atom stereocenters. The summed E-state index contributed by atoms with van der Waals surface area (Å²) in [6.45, 7) is 2.06. The van der Waals surface area contributed by atoms with Crippen molar-refractivity contribution in [1.29, 1.82) is 0 Å². The van der Waals surface area contributed by atoms with E-state index in [-0.39, 0.29) is 0 Å². The summed E-state index contributed by atoms with van der Waals surface area (Å²) in [4.78, 5) is 4.73. The van der Waals surface area contributed by atoms with Crippen molar-refractivity contribution >= 4 is 11.3 Å². The van der Waals surface area contributed by atoms with Gasteiger partial charge in [0.15, 0.2) is 0 Å². The summed E-state index contributed by atoms with van der Waals surface area (Å²) in [5.74, 6) is 0.763. The van der Waals surface area contributed by atoms with Gasteiger partial charge in [-0.1, -0.05) is 12.8 Å². The molecule has 2 nitrogen and oxygen atoms in total. The van der Waals surface area contributed by atoms with E-state index in [9.17, 15) is 0 Å². The van der Waals surface area contributed by atoms with Crippen LogP contribution in [0.1, 0.15) is 55.6 Å². The van der Waals surface area contributed by atoms with Crippen molar-refractivity contribution in [1.82, 2.24) is 4.98 Å². The first-order valence-corrected chi connectivity index (χ1v) is 6.83. The van der Waals surface area contributed by atoms with Gasteiger partial charge in [-0.25, -0.2) is 4.98 Å². The highest BCUT2D eigenvalue weighted by atomic mass is 32.1. The first-order chi connectivity index (χ1) is 7.25. The topological polar surface area (TPSA) is 38.9 Å². The molecule has 1 heterocycles. The van der Waals surface area contributed by atoms with Crippen LogP contribution in [-0.2, 0) is 6.42 Å². The maximum atomic E-state index is 5.74. The Balaban J connectivity index is 1.91. The molecule has 1 aromatic heterocycles. The molecule has 1 saturated carbocycles. The summed E-state index contributed by atoms with van der Waals surface area (Å²) in [5.41, 5.74) is 6.99. The third-order valence-corrected chi connectivity index (χ3v) is 4.19. The highest BCUT2D eigenvalue weighted by Crippen LogP contribution is 2.35. The standard InChI is InChI=1S/C12H20N2S/c1-9(13)6-7-11-8-15-12(14-11)10-4-2-3-5-10/h8-10H,2-7,13H2,1H3. The zero-order valence-electron chi connectivity index (χ0n) is 9.41. The van der Waals surface area contributed by atoms with Crippen molar-refractivity contribution in [2.75, 3.05) is 0 Å². The van der Waals surface area contributed by atoms with Crippen LogP contribution in [0.3, 0.4) is 0 Å². The molecular formula is C12H20N2S. The first-order valence-electron chi connectivity index (χ1n) is 5.95. The summed E-state index contributed by atoms with van der Waals surface area (Å²) >= 11 is 1.85. The minimum atomic E-state index is 0.293. The van der Waals surface area contributed by atoms with Gasteiger partial charge in [-0.3, -0.25) is 0 Å². The van der Waals surface area contributed by atoms with E-state index in [4.69, 9.17) is 10.7 Å². The molecule has 0 bridgehead atoms. The molecule has 1 fully saturated rings. The van der Waals surface area contributed by atoms with Gasteiger partial charge < -0.3 is 5.73 Å². The first kappa shape index (κ1) is 11.1. The second-order valence-corrected chi connectivity index (χ2v) is 5.56. The van der Waals surface area contributed by atoms with E-state index < -0.39 is 0 Å². The van der Waals surface area contributed by atoms with Crippen LogP contribution in [0, 0.1) is 0 Å². The van der Waals surface area contributed by atoms with Crippen LogP contribution in [0.4, 0.5) is 0 Å². The smallest absolute Gasteiger partial charge is 0.0959 e. The molecule has 0 saturated heterocycles. The number of hydrogen-bond donors (Lipinski definition) is 1. The Bertz CT molecular complexity index is 300. The van der Waals surface area contributed by atoms with E-state index in [2.05, 4.69) is 12.3 Å². The van der Waals surface area contributed by atoms with E-state index in [1.54, 1.807) is 0 Å². The van der Waals surface area contributed by atoms with Crippen molar-refractivity contribution in [3.63, 3.8) is 0 Å². The quantitative estimate of drug-likeness (QED) is 0.853. The monoisotopic (exact) mass is 224 g/mol. The number of rotatable bonds is 4. The Morgan fingerprint density at radius 1 is 1.53 bits per heavy atom. The molecule has 0 radical (unpaired) electrons. The van der Waals surface area contributed by atoms with E-state index in [1.807, 2.05) is 11.3 Å². The fourth-order valence-electron chi connectivity index (χ4n) is 2.17. The molecule has 1 aliphatic rings. The Labute approximate surface area is 95.9 Å². The van der Waals surface area contributed by atoms with Crippen LogP contribution in [-0.4, -0.2) is 11.0 Å². The van der Waals surface area contributed by atoms with Crippen LogP contribution >= 0.6 is 11.3 Å². The molecule has 1 aliphatic carbocycles. The highest BCUT2D eigenvalue weighted by molar-refractivity contribution is 7.09. The molecule has 2 N–H and O–H groups in total. The minimum Gasteiger partial charge on any atom is -0.328 e. The number of hydrogen-bond acceptors (Lipinski definition) is 3. The summed E-state index contributed by atoms with van der Waals surface area (Å²) < 4.78 is 0. The molecule has 0 aliphatic heterocycles. The summed E-state index contributed by atoms with van der Waals surface area (Å²) in [7, 11) is 0. The zero-order valence-corrected chi connectivity index (χ0v) is 10.2. The molecule has 15 heavy (non-hydrogen) atoms. The molecular weight excluding hydrogens is 204 g/mol. The Morgan fingerprint density at radius 2 is 2.27 bits per heavy atom. The van der Waals surface area contributed by atoms with Gasteiger partial charge in [0.05, 0.1) is 10.7 Å². The lowest BCUT2D eigenvalue weighted by Crippen LogP contribution is -2.15. The predicted molar refractivity (Wildman–Crippen MR) is 65.3 cm³/mol. The molecule has 1 atom stereocenters. The molecule has 0 amide bonds. The molecule has 0 aromatic carbocycles. The van der Waals surface area contributed by atoms with Gasteiger partial charge in [0.1, 0.15) is 0 Å². The van der Waals surface area contributed by atoms with Gasteiger partial charge in [-0.15, -0.1) is 11.3 Å². The normalized spacial score (nSPS) is 19.6. The average molecular weight is 224 g/mol. The number of thiazole rings is 1. The number of nitrogens with zero attached hydrogens (tertiary/aromatic N) is 1. The maximum Gasteiger partial charge on any atom is 0.0959 e. The zero-order chi connectivity index (χ0) is 10.7. The number of aryl methyl sites for hydroxylation is 1. The fraction of sp³-hybridized carbons (Fsp3) is 0.750. The second kappa shape index (κ2) is 5.08. The summed E-state index contributed by atoms with van der Waals surface area (Å²) in [6.07, 6.45) is 7.56.